The van der Waals surface area contributed by atoms with Crippen LogP contribution in [0.5, 0.6) is 0 Å². The molecule has 0 radical (unpaired) electrons. The molecule has 3 rings (SSSR count). The number of fused-ring (bicyclic) bond motifs is 1. The van der Waals surface area contributed by atoms with Crippen molar-refractivity contribution < 1.29 is 34.2 Å². The van der Waals surface area contributed by atoms with Gasteiger partial charge in [0, 0.05) is 29.5 Å². The van der Waals surface area contributed by atoms with Gasteiger partial charge in [0.25, 0.3) is 0 Å². The van der Waals surface area contributed by atoms with E-state index >= 15 is 0 Å². The number of aryl methyl sites for hydroxylation is 1. The summed E-state index contributed by atoms with van der Waals surface area (Å²) in [6.45, 7) is 6.80. The van der Waals surface area contributed by atoms with Crippen molar-refractivity contribution in [1.82, 2.24) is 5.32 Å². The molecule has 1 saturated carbocycles. The van der Waals surface area contributed by atoms with Crippen LogP contribution in [0.4, 0.5) is 5.69 Å². The lowest BCUT2D eigenvalue weighted by Gasteiger charge is -2.29. The van der Waals surface area contributed by atoms with Crippen LogP contribution >= 0.6 is 0 Å². The summed E-state index contributed by atoms with van der Waals surface area (Å²) < 4.78 is 0. The number of para-hydroxylation sites is 1. The fraction of sp³-hybridized carbons (Fsp3) is 0.607. The van der Waals surface area contributed by atoms with E-state index in [0.29, 0.717) is 0 Å². The van der Waals surface area contributed by atoms with Gasteiger partial charge in [-0.25, -0.2) is 0 Å². The Bertz CT molecular complexity index is 998. The van der Waals surface area contributed by atoms with Gasteiger partial charge in [0.1, 0.15) is 12.3 Å². The van der Waals surface area contributed by atoms with Gasteiger partial charge in [0.2, 0.25) is 11.8 Å². The Kier molecular flexibility index (Phi) is 10.8. The van der Waals surface area contributed by atoms with E-state index in [2.05, 4.69) is 5.32 Å². The van der Waals surface area contributed by atoms with Gasteiger partial charge < -0.3 is 20.4 Å². The highest BCUT2D eigenvalue weighted by Gasteiger charge is 2.42. The number of carbonyl (C=O) groups excluding carboxylic acids is 3. The highest BCUT2D eigenvalue weighted by atomic mass is 16.4. The Labute approximate surface area is 218 Å². The number of carboxylic acid groups (broad SMARTS) is 2. The van der Waals surface area contributed by atoms with Crippen LogP contribution in [0.2, 0.25) is 0 Å². The quantitative estimate of drug-likeness (QED) is 0.453. The molecule has 1 aliphatic heterocycles. The average Bonchev–Trinajstić information content (AvgIpc) is 3.26. The molecule has 0 bridgehead atoms. The van der Waals surface area contributed by atoms with Crippen molar-refractivity contribution in [3.8, 4) is 0 Å². The first-order chi connectivity index (χ1) is 17.4. The predicted molar refractivity (Wildman–Crippen MR) is 139 cm³/mol. The number of aliphatic carboxylic acids is 2. The summed E-state index contributed by atoms with van der Waals surface area (Å²) in [4.78, 5) is 59.4. The molecule has 1 heterocycles. The van der Waals surface area contributed by atoms with Crippen molar-refractivity contribution in [3.05, 3.63) is 29.8 Å². The number of ketones is 1. The minimum absolute atomic E-state index is 0.00908. The number of carbonyl (C=O) groups is 5. The van der Waals surface area contributed by atoms with Gasteiger partial charge in [-0.3, -0.25) is 24.0 Å². The summed E-state index contributed by atoms with van der Waals surface area (Å²) in [6, 6.07) is 7.50. The molecule has 2 atom stereocenters. The van der Waals surface area contributed by atoms with Crippen LogP contribution in [-0.2, 0) is 30.4 Å². The van der Waals surface area contributed by atoms with Gasteiger partial charge in [-0.05, 0) is 64.5 Å². The predicted octanol–water partition coefficient (Wildman–Crippen LogP) is 3.83. The molecule has 0 saturated heterocycles. The standard InChI is InChI=1S/C15H25NO4.C13H15NO3/c1-10(2)16-13(18)8-12(14(19)20)9-15(11(3)17)6-4-5-7-15;1-9-6-7-10-4-2-3-5-11(10)14(13(9)17)8-12(15)16/h10,12H,4-9H2,1-3H3,(H,16,18)(H,19,20);2-5,9H,6-8H2,1H3,(H,15,16). The molecule has 1 aromatic carbocycles. The van der Waals surface area contributed by atoms with E-state index in [0.717, 1.165) is 49.8 Å². The number of Topliss-reactive ketones (excluding diaryl/α,β-unsaturated/α-hetero) is 1. The maximum Gasteiger partial charge on any atom is 0.323 e. The number of anilines is 1. The molecule has 3 N–H and O–H groups in total. The van der Waals surface area contributed by atoms with Gasteiger partial charge in [0.15, 0.2) is 0 Å². The number of hydrogen-bond donors (Lipinski definition) is 3. The third kappa shape index (κ3) is 8.40. The van der Waals surface area contributed by atoms with E-state index in [9.17, 15) is 29.1 Å². The zero-order valence-corrected chi connectivity index (χ0v) is 22.3. The maximum absolute atomic E-state index is 12.1. The van der Waals surface area contributed by atoms with Crippen molar-refractivity contribution in [3.63, 3.8) is 0 Å². The van der Waals surface area contributed by atoms with Crippen molar-refractivity contribution in [2.75, 3.05) is 11.4 Å². The molecular formula is C28H40N2O7. The van der Waals surface area contributed by atoms with Crippen LogP contribution in [0.3, 0.4) is 0 Å². The Morgan fingerprint density at radius 1 is 1.11 bits per heavy atom. The lowest BCUT2D eigenvalue weighted by Crippen LogP contribution is -2.38. The van der Waals surface area contributed by atoms with Gasteiger partial charge in [-0.15, -0.1) is 0 Å². The number of benzene rings is 1. The topological polar surface area (TPSA) is 141 Å². The van der Waals surface area contributed by atoms with E-state index in [4.69, 9.17) is 5.11 Å². The lowest BCUT2D eigenvalue weighted by molar-refractivity contribution is -0.146. The summed E-state index contributed by atoms with van der Waals surface area (Å²) in [7, 11) is 0. The number of nitrogens with one attached hydrogen (secondary N) is 1. The fourth-order valence-electron chi connectivity index (χ4n) is 5.24. The number of hydrogen-bond acceptors (Lipinski definition) is 5. The third-order valence-electron chi connectivity index (χ3n) is 7.29. The molecule has 1 aromatic rings. The first-order valence-corrected chi connectivity index (χ1v) is 13.0. The molecular weight excluding hydrogens is 476 g/mol. The zero-order chi connectivity index (χ0) is 27.8. The van der Waals surface area contributed by atoms with E-state index in [-0.39, 0.29) is 48.9 Å². The van der Waals surface area contributed by atoms with Crippen LogP contribution in [0.1, 0.15) is 78.2 Å². The summed E-state index contributed by atoms with van der Waals surface area (Å²) in [5, 5.41) is 20.9. The lowest BCUT2D eigenvalue weighted by atomic mass is 9.74. The summed E-state index contributed by atoms with van der Waals surface area (Å²) >= 11 is 0. The highest BCUT2D eigenvalue weighted by Crippen LogP contribution is 2.44. The van der Waals surface area contributed by atoms with E-state index < -0.39 is 23.3 Å². The minimum Gasteiger partial charge on any atom is -0.481 e. The summed E-state index contributed by atoms with van der Waals surface area (Å²) in [5.41, 5.74) is 1.26. The fourth-order valence-corrected chi connectivity index (χ4v) is 5.24. The van der Waals surface area contributed by atoms with Crippen molar-refractivity contribution in [2.24, 2.45) is 17.3 Å². The smallest absolute Gasteiger partial charge is 0.323 e. The molecule has 0 aromatic heterocycles. The number of rotatable bonds is 9. The molecule has 1 fully saturated rings. The van der Waals surface area contributed by atoms with Gasteiger partial charge in [-0.2, -0.15) is 0 Å². The summed E-state index contributed by atoms with van der Waals surface area (Å²) in [6.07, 6.45) is 5.24. The van der Waals surface area contributed by atoms with Crippen LogP contribution in [0.15, 0.2) is 24.3 Å². The molecule has 2 aliphatic rings. The van der Waals surface area contributed by atoms with Crippen molar-refractivity contribution in [2.45, 2.75) is 85.1 Å². The van der Waals surface area contributed by atoms with Crippen molar-refractivity contribution in [1.29, 1.82) is 0 Å². The molecule has 9 heteroatoms. The molecule has 9 nitrogen and oxygen atoms in total. The molecule has 0 spiro atoms. The van der Waals surface area contributed by atoms with Gasteiger partial charge in [-0.1, -0.05) is 38.0 Å². The van der Waals surface area contributed by atoms with Gasteiger partial charge in [0.05, 0.1) is 5.92 Å². The average molecular weight is 517 g/mol. The number of nitrogens with zero attached hydrogens (tertiary/aromatic N) is 1. The Balaban J connectivity index is 0.000000263. The third-order valence-corrected chi connectivity index (χ3v) is 7.29. The monoisotopic (exact) mass is 516 g/mol. The minimum atomic E-state index is -0.989. The van der Waals surface area contributed by atoms with E-state index in [1.807, 2.05) is 45.0 Å². The number of amides is 2. The Hall–Kier alpha value is -3.23. The van der Waals surface area contributed by atoms with Crippen LogP contribution in [0.25, 0.3) is 0 Å². The van der Waals surface area contributed by atoms with Crippen LogP contribution in [0, 0.1) is 17.3 Å². The van der Waals surface area contributed by atoms with Gasteiger partial charge >= 0.3 is 11.9 Å². The first-order valence-electron chi connectivity index (χ1n) is 13.0. The zero-order valence-electron chi connectivity index (χ0n) is 22.3. The second kappa shape index (κ2) is 13.4. The molecule has 204 valence electrons. The van der Waals surface area contributed by atoms with Crippen LogP contribution in [-0.4, -0.2) is 52.3 Å². The van der Waals surface area contributed by atoms with Crippen molar-refractivity contribution >= 4 is 35.2 Å². The van der Waals surface area contributed by atoms with E-state index in [1.165, 1.54) is 4.90 Å². The normalized spacial score (nSPS) is 19.2. The van der Waals surface area contributed by atoms with E-state index in [1.54, 1.807) is 6.92 Å². The first kappa shape index (κ1) is 30.0. The van der Waals surface area contributed by atoms with Crippen LogP contribution < -0.4 is 10.2 Å². The second-order valence-electron chi connectivity index (χ2n) is 10.6. The highest BCUT2D eigenvalue weighted by molar-refractivity contribution is 5.99. The molecule has 2 amide bonds. The Morgan fingerprint density at radius 3 is 2.27 bits per heavy atom. The number of carboxylic acids is 2. The Morgan fingerprint density at radius 2 is 1.73 bits per heavy atom. The molecule has 37 heavy (non-hydrogen) atoms. The molecule has 2 unspecified atom stereocenters. The summed E-state index contributed by atoms with van der Waals surface area (Å²) in [5.74, 6) is -3.18. The maximum atomic E-state index is 12.1. The second-order valence-corrected chi connectivity index (χ2v) is 10.6. The SMILES string of the molecule is CC(=O)C1(CC(CC(=O)NC(C)C)C(=O)O)CCCC1.CC1CCc2ccccc2N(CC(=O)O)C1=O. The molecule has 1 aliphatic carbocycles. The largest absolute Gasteiger partial charge is 0.481 e.